The van der Waals surface area contributed by atoms with Crippen molar-refractivity contribution in [3.05, 3.63) is 33.8 Å². The Hall–Kier alpha value is -4.13. The maximum absolute atomic E-state index is 13.6. The number of rotatable bonds is 6. The molecule has 48 heavy (non-hydrogen) atoms. The highest BCUT2D eigenvalue weighted by molar-refractivity contribution is 7.16. The molecule has 14 nitrogen and oxygen atoms in total. The monoisotopic (exact) mass is 679 g/mol. The van der Waals surface area contributed by atoms with E-state index in [-0.39, 0.29) is 11.9 Å². The molecule has 0 aromatic carbocycles. The number of piperazine rings is 2. The average molecular weight is 680 g/mol. The highest BCUT2D eigenvalue weighted by Crippen LogP contribution is 2.46. The van der Waals surface area contributed by atoms with Gasteiger partial charge in [0.2, 0.25) is 0 Å². The summed E-state index contributed by atoms with van der Waals surface area (Å²) in [4.78, 5) is 46.2. The number of nitrogen functional groups attached to an aromatic ring is 1. The number of nitrogens with zero attached hydrogens (tertiary/aromatic N) is 7. The van der Waals surface area contributed by atoms with Crippen LogP contribution in [0.1, 0.15) is 62.2 Å². The van der Waals surface area contributed by atoms with Crippen LogP contribution < -0.4 is 21.3 Å². The molecule has 3 aliphatic heterocycles. The fraction of sp³-hybridized carbons (Fsp3) is 0.606. The van der Waals surface area contributed by atoms with Gasteiger partial charge in [0.05, 0.1) is 30.2 Å². The number of anilines is 3. The number of amides is 1. The molecule has 1 aliphatic carbocycles. The summed E-state index contributed by atoms with van der Waals surface area (Å²) in [7, 11) is 0. The normalized spacial score (nSPS) is 22.5. The van der Waals surface area contributed by atoms with Gasteiger partial charge in [0.1, 0.15) is 28.2 Å². The quantitative estimate of drug-likeness (QED) is 0.198. The Morgan fingerprint density at radius 2 is 1.79 bits per heavy atom. The molecule has 1 amide bonds. The lowest BCUT2D eigenvalue weighted by Crippen LogP contribution is -2.56. The zero-order chi connectivity index (χ0) is 34.2. The molecular formula is C33H45N9O5S. The minimum atomic E-state index is -1.07. The molecule has 0 saturated carbocycles. The second kappa shape index (κ2) is 13.4. The van der Waals surface area contributed by atoms with Gasteiger partial charge >= 0.3 is 12.1 Å². The number of nitrogens with two attached hydrogens (primary N) is 2. The van der Waals surface area contributed by atoms with Crippen molar-refractivity contribution in [2.75, 3.05) is 81.1 Å². The summed E-state index contributed by atoms with van der Waals surface area (Å²) in [5.74, 6) is 0.128. The van der Waals surface area contributed by atoms with Gasteiger partial charge in [0.25, 0.3) is 0 Å². The maximum Gasteiger partial charge on any atom is 0.410 e. The van der Waals surface area contributed by atoms with Crippen molar-refractivity contribution in [2.24, 2.45) is 10.9 Å². The molecule has 0 bridgehead atoms. The van der Waals surface area contributed by atoms with Crippen molar-refractivity contribution in [3.8, 4) is 6.07 Å². The second-order valence-corrected chi connectivity index (χ2v) is 15.2. The Balaban J connectivity index is 1.22. The lowest BCUT2D eigenvalue weighted by Gasteiger charge is -2.43. The molecule has 1 unspecified atom stereocenters. The molecule has 2 aromatic heterocycles. The summed E-state index contributed by atoms with van der Waals surface area (Å²) >= 11 is 1.35. The summed E-state index contributed by atoms with van der Waals surface area (Å²) in [5.41, 5.74) is 13.2. The van der Waals surface area contributed by atoms with E-state index in [2.05, 4.69) is 25.9 Å². The summed E-state index contributed by atoms with van der Waals surface area (Å²) in [6.45, 7) is 14.5. The third-order valence-corrected chi connectivity index (χ3v) is 10.6. The van der Waals surface area contributed by atoms with Gasteiger partial charge < -0.3 is 40.5 Å². The number of oxime groups is 1. The van der Waals surface area contributed by atoms with Crippen LogP contribution in [0, 0.1) is 11.3 Å². The number of nitriles is 1. The number of ether oxygens (including phenoxy) is 2. The number of carbonyl (C=O) groups excluding carboxylic acids is 2. The highest BCUT2D eigenvalue weighted by atomic mass is 32.1. The smallest absolute Gasteiger partial charge is 0.410 e. The number of pyridine rings is 1. The number of carbonyl (C=O) groups is 2. The fourth-order valence-corrected chi connectivity index (χ4v) is 7.93. The Kier molecular flexibility index (Phi) is 9.43. The molecule has 3 saturated heterocycles. The first-order chi connectivity index (χ1) is 22.9. The first-order valence-electron chi connectivity index (χ1n) is 16.5. The minimum absolute atomic E-state index is 0.0333. The molecule has 258 valence electrons. The maximum atomic E-state index is 13.6. The molecule has 3 fully saturated rings. The molecule has 1 atom stereocenters. The minimum Gasteiger partial charge on any atom is -0.444 e. The third-order valence-electron chi connectivity index (χ3n) is 9.56. The van der Waals surface area contributed by atoms with Crippen molar-refractivity contribution < 1.29 is 23.9 Å². The largest absolute Gasteiger partial charge is 0.444 e. The molecule has 4 aliphatic rings. The molecule has 4 N–H and O–H groups in total. The van der Waals surface area contributed by atoms with Crippen LogP contribution in [0.5, 0.6) is 0 Å². The average Bonchev–Trinajstić information content (AvgIpc) is 3.38. The van der Waals surface area contributed by atoms with Crippen molar-refractivity contribution in [3.63, 3.8) is 0 Å². The third kappa shape index (κ3) is 6.87. The summed E-state index contributed by atoms with van der Waals surface area (Å²) < 4.78 is 11.0. The SMILES string of the molecule is CC(C)(C)OC(=O)N1CCN(c2cc(/C(N)=N/OC(=O)C3(C)CCCc4sc(N)c(C#N)c43)nc(N3CCN(C4COC4)CC3)c2)CC1. The highest BCUT2D eigenvalue weighted by Gasteiger charge is 2.45. The van der Waals surface area contributed by atoms with Gasteiger partial charge in [-0.3, -0.25) is 4.90 Å². The Morgan fingerprint density at radius 3 is 2.42 bits per heavy atom. The van der Waals surface area contributed by atoms with Gasteiger partial charge in [-0.25, -0.2) is 14.6 Å². The van der Waals surface area contributed by atoms with Crippen LogP contribution in [-0.4, -0.2) is 110 Å². The molecule has 0 spiro atoms. The van der Waals surface area contributed by atoms with Crippen LogP contribution in [0.25, 0.3) is 0 Å². The predicted molar refractivity (Wildman–Crippen MR) is 183 cm³/mol. The Morgan fingerprint density at radius 1 is 1.10 bits per heavy atom. The van der Waals surface area contributed by atoms with Crippen molar-refractivity contribution >= 4 is 45.7 Å². The number of fused-ring (bicyclic) bond motifs is 1. The number of aryl methyl sites for hydroxylation is 1. The van der Waals surface area contributed by atoms with Crippen LogP contribution in [0.4, 0.5) is 21.3 Å². The van der Waals surface area contributed by atoms with Gasteiger partial charge in [0, 0.05) is 74.6 Å². The van der Waals surface area contributed by atoms with Crippen LogP contribution >= 0.6 is 11.3 Å². The lowest BCUT2D eigenvalue weighted by atomic mass is 9.72. The lowest BCUT2D eigenvalue weighted by molar-refractivity contribution is -0.150. The van der Waals surface area contributed by atoms with E-state index in [9.17, 15) is 14.9 Å². The van der Waals surface area contributed by atoms with Crippen LogP contribution in [0.3, 0.4) is 0 Å². The van der Waals surface area contributed by atoms with E-state index < -0.39 is 17.0 Å². The van der Waals surface area contributed by atoms with Crippen LogP contribution in [-0.2, 0) is 30.9 Å². The van der Waals surface area contributed by atoms with E-state index in [4.69, 9.17) is 30.8 Å². The zero-order valence-electron chi connectivity index (χ0n) is 28.2. The van der Waals surface area contributed by atoms with Crippen molar-refractivity contribution in [2.45, 2.75) is 64.0 Å². The summed E-state index contributed by atoms with van der Waals surface area (Å²) in [5, 5.41) is 14.3. The molecule has 2 aromatic rings. The molecule has 0 radical (unpaired) electrons. The molecule has 5 heterocycles. The van der Waals surface area contributed by atoms with Crippen LogP contribution in [0.15, 0.2) is 17.3 Å². The molecule has 6 rings (SSSR count). The Labute approximate surface area is 285 Å². The van der Waals surface area contributed by atoms with E-state index in [1.807, 2.05) is 32.9 Å². The van der Waals surface area contributed by atoms with E-state index in [1.54, 1.807) is 11.8 Å². The number of thiophene rings is 1. The van der Waals surface area contributed by atoms with E-state index >= 15 is 0 Å². The molecular weight excluding hydrogens is 634 g/mol. The van der Waals surface area contributed by atoms with Crippen LogP contribution in [0.2, 0.25) is 0 Å². The van der Waals surface area contributed by atoms with E-state index in [1.165, 1.54) is 11.3 Å². The second-order valence-electron chi connectivity index (χ2n) is 14.0. The first kappa shape index (κ1) is 33.8. The van der Waals surface area contributed by atoms with Crippen molar-refractivity contribution in [1.82, 2.24) is 14.8 Å². The Bertz CT molecular complexity index is 1610. The van der Waals surface area contributed by atoms with Gasteiger partial charge in [0.15, 0.2) is 5.84 Å². The number of hydrogen-bond acceptors (Lipinski definition) is 13. The van der Waals surface area contributed by atoms with Gasteiger partial charge in [-0.15, -0.1) is 11.3 Å². The standard InChI is InChI=1S/C33H45N9O5S/c1-32(2,3)46-31(44)42-14-10-39(11-15-42)21-16-24(37-26(17-21)41-12-8-40(9-13-41)22-19-45-20-22)28(35)38-47-30(43)33(4)7-5-6-25-27(33)23(18-34)29(36)48-25/h16-17,22H,5-15,19-20,36H2,1-4H3,(H2,35,38). The zero-order valence-corrected chi connectivity index (χ0v) is 29.0. The van der Waals surface area contributed by atoms with Gasteiger partial charge in [-0.2, -0.15) is 5.26 Å². The van der Waals surface area contributed by atoms with Gasteiger partial charge in [-0.1, -0.05) is 5.16 Å². The van der Waals surface area contributed by atoms with E-state index in [0.29, 0.717) is 60.5 Å². The number of aromatic nitrogens is 1. The van der Waals surface area contributed by atoms with Crippen molar-refractivity contribution in [1.29, 1.82) is 5.26 Å². The predicted octanol–water partition coefficient (Wildman–Crippen LogP) is 2.63. The summed E-state index contributed by atoms with van der Waals surface area (Å²) in [6.07, 6.45) is 1.70. The number of hydrogen-bond donors (Lipinski definition) is 2. The van der Waals surface area contributed by atoms with E-state index in [0.717, 1.165) is 68.6 Å². The fourth-order valence-electron chi connectivity index (χ4n) is 6.74. The molecule has 15 heteroatoms. The first-order valence-corrected chi connectivity index (χ1v) is 17.4. The topological polar surface area (TPSA) is 176 Å². The number of amidine groups is 1. The van der Waals surface area contributed by atoms with Gasteiger partial charge in [-0.05, 0) is 53.0 Å². The summed E-state index contributed by atoms with van der Waals surface area (Å²) in [6, 6.07) is 6.53.